The molecule has 0 aliphatic carbocycles. The van der Waals surface area contributed by atoms with Gasteiger partial charge in [0.1, 0.15) is 0 Å². The first-order valence-corrected chi connectivity index (χ1v) is 6.64. The lowest BCUT2D eigenvalue weighted by atomic mass is 9.85. The molecule has 2 atom stereocenters. The van der Waals surface area contributed by atoms with Crippen LogP contribution in [0, 0.1) is 5.92 Å². The number of carbonyl (C=O) groups excluding carboxylic acids is 1. The van der Waals surface area contributed by atoms with Crippen molar-refractivity contribution in [1.29, 1.82) is 0 Å². The molecule has 0 amide bonds. The van der Waals surface area contributed by atoms with Crippen LogP contribution in [0.2, 0.25) is 0 Å². The number of rotatable bonds is 7. The predicted octanol–water partition coefficient (Wildman–Crippen LogP) is 0.697. The zero-order valence-electron chi connectivity index (χ0n) is 12.2. The summed E-state index contributed by atoms with van der Waals surface area (Å²) in [4.78, 5) is 12.0. The van der Waals surface area contributed by atoms with Crippen molar-refractivity contribution in [2.45, 2.75) is 32.0 Å². The Labute approximate surface area is 119 Å². The van der Waals surface area contributed by atoms with Crippen LogP contribution in [0.4, 0.5) is 0 Å². The summed E-state index contributed by atoms with van der Waals surface area (Å²) in [7, 11) is 1.24. The zero-order chi connectivity index (χ0) is 15.2. The Bertz CT molecular complexity index is 421. The van der Waals surface area contributed by atoms with E-state index in [1.54, 1.807) is 13.8 Å². The van der Waals surface area contributed by atoms with Gasteiger partial charge in [0.25, 0.3) is 0 Å². The van der Waals surface area contributed by atoms with Gasteiger partial charge in [0, 0.05) is 6.54 Å². The summed E-state index contributed by atoms with van der Waals surface area (Å²) < 4.78 is 4.74. The van der Waals surface area contributed by atoms with Crippen molar-refractivity contribution in [2.24, 2.45) is 5.92 Å². The van der Waals surface area contributed by atoms with Crippen molar-refractivity contribution < 1.29 is 19.7 Å². The van der Waals surface area contributed by atoms with Gasteiger partial charge in [-0.15, -0.1) is 0 Å². The Hall–Kier alpha value is -1.43. The maximum Gasteiger partial charge on any atom is 0.331 e. The molecule has 0 saturated heterocycles. The molecule has 0 spiro atoms. The van der Waals surface area contributed by atoms with Crippen molar-refractivity contribution >= 4 is 5.97 Å². The van der Waals surface area contributed by atoms with E-state index < -0.39 is 24.2 Å². The standard InChI is InChI=1S/C15H23NO4/c1-11(2)13(18)15(10-17,14(19)20-3)16-9-12-7-5-4-6-8-12/h4-8,11,13,16-18H,9-10H2,1-3H3/t13-,15?/m0/s1. The molecule has 1 rings (SSSR count). The fraction of sp³-hybridized carbons (Fsp3) is 0.533. The molecule has 0 aliphatic heterocycles. The highest BCUT2D eigenvalue weighted by Gasteiger charge is 2.47. The van der Waals surface area contributed by atoms with Gasteiger partial charge in [-0.1, -0.05) is 44.2 Å². The van der Waals surface area contributed by atoms with Crippen molar-refractivity contribution in [3.05, 3.63) is 35.9 Å². The number of aliphatic hydroxyl groups is 2. The molecule has 0 aliphatic rings. The minimum atomic E-state index is -1.52. The third kappa shape index (κ3) is 3.56. The van der Waals surface area contributed by atoms with Crippen LogP contribution in [0.1, 0.15) is 19.4 Å². The lowest BCUT2D eigenvalue weighted by Gasteiger charge is -2.36. The quantitative estimate of drug-likeness (QED) is 0.641. The first kappa shape index (κ1) is 16.6. The molecule has 0 bridgehead atoms. The first-order valence-electron chi connectivity index (χ1n) is 6.64. The fourth-order valence-corrected chi connectivity index (χ4v) is 2.12. The van der Waals surface area contributed by atoms with Crippen LogP contribution in [-0.2, 0) is 16.1 Å². The molecule has 0 saturated carbocycles. The van der Waals surface area contributed by atoms with Crippen LogP contribution < -0.4 is 5.32 Å². The SMILES string of the molecule is COC(=O)C(CO)(NCc1ccccc1)[C@@H](O)C(C)C. The highest BCUT2D eigenvalue weighted by Crippen LogP contribution is 2.20. The van der Waals surface area contributed by atoms with Crippen molar-refractivity contribution in [2.75, 3.05) is 13.7 Å². The van der Waals surface area contributed by atoms with Crippen LogP contribution in [0.25, 0.3) is 0 Å². The minimum Gasteiger partial charge on any atom is -0.467 e. The summed E-state index contributed by atoms with van der Waals surface area (Å²) >= 11 is 0. The number of aliphatic hydroxyl groups excluding tert-OH is 2. The van der Waals surface area contributed by atoms with Gasteiger partial charge >= 0.3 is 5.97 Å². The van der Waals surface area contributed by atoms with Gasteiger partial charge in [0.05, 0.1) is 19.8 Å². The Morgan fingerprint density at radius 1 is 1.35 bits per heavy atom. The number of benzene rings is 1. The van der Waals surface area contributed by atoms with E-state index in [1.807, 2.05) is 30.3 Å². The molecule has 1 unspecified atom stereocenters. The number of carbonyl (C=O) groups is 1. The average Bonchev–Trinajstić information content (AvgIpc) is 2.48. The third-order valence-corrected chi connectivity index (χ3v) is 3.39. The zero-order valence-corrected chi connectivity index (χ0v) is 12.2. The summed E-state index contributed by atoms with van der Waals surface area (Å²) in [6.45, 7) is 3.37. The van der Waals surface area contributed by atoms with Gasteiger partial charge in [-0.2, -0.15) is 0 Å². The van der Waals surface area contributed by atoms with E-state index in [4.69, 9.17) is 4.74 Å². The summed E-state index contributed by atoms with van der Waals surface area (Å²) in [5.74, 6) is -0.873. The first-order chi connectivity index (χ1) is 9.47. The van der Waals surface area contributed by atoms with Gasteiger partial charge < -0.3 is 14.9 Å². The van der Waals surface area contributed by atoms with E-state index in [0.29, 0.717) is 6.54 Å². The Balaban J connectivity index is 2.95. The van der Waals surface area contributed by atoms with Gasteiger partial charge in [0.2, 0.25) is 0 Å². The van der Waals surface area contributed by atoms with E-state index in [-0.39, 0.29) is 5.92 Å². The Morgan fingerprint density at radius 2 is 1.95 bits per heavy atom. The van der Waals surface area contributed by atoms with Crippen molar-refractivity contribution in [3.8, 4) is 0 Å². The Morgan fingerprint density at radius 3 is 2.40 bits per heavy atom. The molecule has 0 fully saturated rings. The molecule has 1 aromatic carbocycles. The van der Waals surface area contributed by atoms with Gasteiger partial charge in [-0.3, -0.25) is 5.32 Å². The molecule has 1 aromatic rings. The van der Waals surface area contributed by atoms with Crippen molar-refractivity contribution in [3.63, 3.8) is 0 Å². The lowest BCUT2D eigenvalue weighted by molar-refractivity contribution is -0.159. The monoisotopic (exact) mass is 281 g/mol. The third-order valence-electron chi connectivity index (χ3n) is 3.39. The molecular weight excluding hydrogens is 258 g/mol. The lowest BCUT2D eigenvalue weighted by Crippen LogP contribution is -2.64. The van der Waals surface area contributed by atoms with E-state index in [0.717, 1.165) is 5.56 Å². The second-order valence-electron chi connectivity index (χ2n) is 5.15. The van der Waals surface area contributed by atoms with Crippen molar-refractivity contribution in [1.82, 2.24) is 5.32 Å². The highest BCUT2D eigenvalue weighted by atomic mass is 16.5. The topological polar surface area (TPSA) is 78.8 Å². The number of ether oxygens (including phenoxy) is 1. The normalized spacial score (nSPS) is 15.7. The van der Waals surface area contributed by atoms with Gasteiger partial charge in [-0.25, -0.2) is 4.79 Å². The fourth-order valence-electron chi connectivity index (χ4n) is 2.12. The van der Waals surface area contributed by atoms with E-state index in [9.17, 15) is 15.0 Å². The second kappa shape index (κ2) is 7.38. The minimum absolute atomic E-state index is 0.204. The smallest absolute Gasteiger partial charge is 0.331 e. The summed E-state index contributed by atoms with van der Waals surface area (Å²) in [6.07, 6.45) is -1.05. The van der Waals surface area contributed by atoms with Crippen LogP contribution >= 0.6 is 0 Å². The van der Waals surface area contributed by atoms with E-state index in [1.165, 1.54) is 7.11 Å². The summed E-state index contributed by atoms with van der Waals surface area (Å²) in [5.41, 5.74) is -0.566. The molecule has 5 nitrogen and oxygen atoms in total. The van der Waals surface area contributed by atoms with E-state index >= 15 is 0 Å². The number of methoxy groups -OCH3 is 1. The second-order valence-corrected chi connectivity index (χ2v) is 5.15. The number of nitrogens with one attached hydrogen (secondary N) is 1. The predicted molar refractivity (Wildman–Crippen MR) is 76.0 cm³/mol. The van der Waals surface area contributed by atoms with Crippen LogP contribution in [0.3, 0.4) is 0 Å². The maximum atomic E-state index is 12.0. The molecule has 112 valence electrons. The van der Waals surface area contributed by atoms with Crippen LogP contribution in [0.5, 0.6) is 0 Å². The summed E-state index contributed by atoms with van der Waals surface area (Å²) in [6, 6.07) is 9.46. The number of hydrogen-bond acceptors (Lipinski definition) is 5. The molecular formula is C15H23NO4. The number of esters is 1. The van der Waals surface area contributed by atoms with Crippen LogP contribution in [-0.4, -0.2) is 41.5 Å². The Kier molecular flexibility index (Phi) is 6.13. The van der Waals surface area contributed by atoms with Gasteiger partial charge in [-0.05, 0) is 11.5 Å². The van der Waals surface area contributed by atoms with E-state index in [2.05, 4.69) is 5.32 Å². The molecule has 3 N–H and O–H groups in total. The molecule has 5 heteroatoms. The number of hydrogen-bond donors (Lipinski definition) is 3. The molecule has 20 heavy (non-hydrogen) atoms. The average molecular weight is 281 g/mol. The maximum absolute atomic E-state index is 12.0. The van der Waals surface area contributed by atoms with Crippen LogP contribution in [0.15, 0.2) is 30.3 Å². The van der Waals surface area contributed by atoms with Gasteiger partial charge in [0.15, 0.2) is 5.54 Å². The largest absolute Gasteiger partial charge is 0.467 e. The molecule has 0 heterocycles. The highest BCUT2D eigenvalue weighted by molar-refractivity contribution is 5.82. The molecule has 0 radical (unpaired) electrons. The summed E-state index contributed by atoms with van der Waals surface area (Å²) in [5, 5.41) is 22.9. The molecule has 0 aromatic heterocycles.